The number of nitrogens with one attached hydrogen (secondary N) is 1. The molecule has 1 amide bonds. The third-order valence-electron chi connectivity index (χ3n) is 5.60. The molecule has 0 saturated carbocycles. The first-order valence-electron chi connectivity index (χ1n) is 10.2. The van der Waals surface area contributed by atoms with Crippen LogP contribution in [0.5, 0.6) is 5.75 Å². The maximum absolute atomic E-state index is 12.9. The molecule has 2 aliphatic heterocycles. The first kappa shape index (κ1) is 21.8. The molecular formula is C22H25ClN4O3S. The molecule has 1 atom stereocenters. The van der Waals surface area contributed by atoms with Gasteiger partial charge in [0.05, 0.1) is 42.7 Å². The average Bonchev–Trinajstić information content (AvgIpc) is 3.42. The number of benzene rings is 1. The van der Waals surface area contributed by atoms with Crippen LogP contribution in [0.1, 0.15) is 35.4 Å². The Morgan fingerprint density at radius 1 is 1.42 bits per heavy atom. The largest absolute Gasteiger partial charge is 0.496 e. The van der Waals surface area contributed by atoms with Crippen molar-refractivity contribution in [2.24, 2.45) is 0 Å². The van der Waals surface area contributed by atoms with Crippen molar-refractivity contribution in [3.05, 3.63) is 51.4 Å². The Hall–Kier alpha value is -2.42. The lowest BCUT2D eigenvalue weighted by Gasteiger charge is -2.18. The number of halogens is 1. The van der Waals surface area contributed by atoms with Crippen LogP contribution in [0.15, 0.2) is 23.9 Å². The van der Waals surface area contributed by atoms with Gasteiger partial charge in [-0.15, -0.1) is 0 Å². The van der Waals surface area contributed by atoms with Gasteiger partial charge in [0.15, 0.2) is 5.11 Å². The summed E-state index contributed by atoms with van der Waals surface area (Å²) in [4.78, 5) is 14.5. The second kappa shape index (κ2) is 8.98. The topological polar surface area (TPSA) is 68.6 Å². The van der Waals surface area contributed by atoms with Gasteiger partial charge >= 0.3 is 0 Å². The zero-order valence-corrected chi connectivity index (χ0v) is 19.3. The minimum absolute atomic E-state index is 0.0447. The number of carbonyl (C=O) groups is 1. The standard InChI is InChI=1S/C22H25ClN4O3S/c1-13-20(23)14(2)27(25-13)11-16-9-15(6-7-19(16)29-3)10-18-21(28)26(22(31)24-18)12-17-5-4-8-30-17/h6-7,9-10,17H,4-5,8,11-12H2,1-3H3,(H,24,31)/b18-10+. The summed E-state index contributed by atoms with van der Waals surface area (Å²) in [6, 6.07) is 5.78. The van der Waals surface area contributed by atoms with Gasteiger partial charge in [0, 0.05) is 12.2 Å². The van der Waals surface area contributed by atoms with E-state index in [1.54, 1.807) is 18.1 Å². The maximum atomic E-state index is 12.9. The van der Waals surface area contributed by atoms with Crippen molar-refractivity contribution >= 4 is 40.9 Å². The maximum Gasteiger partial charge on any atom is 0.276 e. The number of aryl methyl sites for hydroxylation is 1. The van der Waals surface area contributed by atoms with E-state index in [9.17, 15) is 4.79 Å². The van der Waals surface area contributed by atoms with Gasteiger partial charge in [0.2, 0.25) is 0 Å². The molecule has 0 aliphatic carbocycles. The summed E-state index contributed by atoms with van der Waals surface area (Å²) in [5.41, 5.74) is 3.93. The molecular weight excluding hydrogens is 436 g/mol. The highest BCUT2D eigenvalue weighted by Crippen LogP contribution is 2.26. The summed E-state index contributed by atoms with van der Waals surface area (Å²) >= 11 is 11.7. The normalized spacial score (nSPS) is 20.1. The van der Waals surface area contributed by atoms with E-state index < -0.39 is 0 Å². The molecule has 1 aromatic carbocycles. The summed E-state index contributed by atoms with van der Waals surface area (Å²) in [6.45, 7) is 5.54. The number of hydrogen-bond acceptors (Lipinski definition) is 5. The molecule has 2 fully saturated rings. The Morgan fingerprint density at radius 3 is 2.87 bits per heavy atom. The highest BCUT2D eigenvalue weighted by atomic mass is 35.5. The molecule has 0 bridgehead atoms. The third-order valence-corrected chi connectivity index (χ3v) is 6.47. The van der Waals surface area contributed by atoms with Crippen molar-refractivity contribution in [2.45, 2.75) is 39.3 Å². The van der Waals surface area contributed by atoms with Crippen molar-refractivity contribution in [3.63, 3.8) is 0 Å². The van der Waals surface area contributed by atoms with Crippen LogP contribution in [0.2, 0.25) is 5.02 Å². The molecule has 2 saturated heterocycles. The molecule has 2 aliphatic rings. The van der Waals surface area contributed by atoms with Crippen LogP contribution in [0, 0.1) is 13.8 Å². The van der Waals surface area contributed by atoms with Crippen LogP contribution >= 0.6 is 23.8 Å². The van der Waals surface area contributed by atoms with Gasteiger partial charge in [-0.3, -0.25) is 14.4 Å². The highest BCUT2D eigenvalue weighted by molar-refractivity contribution is 7.80. The van der Waals surface area contributed by atoms with Gasteiger partial charge < -0.3 is 14.8 Å². The lowest BCUT2D eigenvalue weighted by molar-refractivity contribution is -0.123. The first-order valence-corrected chi connectivity index (χ1v) is 11.0. The van der Waals surface area contributed by atoms with E-state index in [1.807, 2.05) is 36.7 Å². The Labute approximate surface area is 191 Å². The van der Waals surface area contributed by atoms with Gasteiger partial charge in [-0.25, -0.2) is 0 Å². The minimum Gasteiger partial charge on any atom is -0.496 e. The van der Waals surface area contributed by atoms with Crippen LogP contribution in [0.3, 0.4) is 0 Å². The summed E-state index contributed by atoms with van der Waals surface area (Å²) in [5.74, 6) is 0.607. The van der Waals surface area contributed by atoms with E-state index in [0.29, 0.717) is 28.9 Å². The SMILES string of the molecule is COc1ccc(/C=C2/NC(=S)N(CC3CCCO3)C2=O)cc1Cn1nc(C)c(Cl)c1C. The second-order valence-corrected chi connectivity index (χ2v) is 8.52. The van der Waals surface area contributed by atoms with Crippen LogP contribution < -0.4 is 10.1 Å². The molecule has 3 heterocycles. The van der Waals surface area contributed by atoms with Gasteiger partial charge in [-0.2, -0.15) is 5.10 Å². The van der Waals surface area contributed by atoms with Crippen LogP contribution in [0.4, 0.5) is 0 Å². The predicted octanol–water partition coefficient (Wildman–Crippen LogP) is 3.45. The molecule has 4 rings (SSSR count). The third kappa shape index (κ3) is 4.46. The fourth-order valence-corrected chi connectivity index (χ4v) is 4.30. The minimum atomic E-state index is -0.136. The molecule has 31 heavy (non-hydrogen) atoms. The number of carbonyl (C=O) groups excluding carboxylic acids is 1. The van der Waals surface area contributed by atoms with Gasteiger partial charge in [-0.05, 0) is 62.7 Å². The van der Waals surface area contributed by atoms with E-state index in [-0.39, 0.29) is 12.0 Å². The predicted molar refractivity (Wildman–Crippen MR) is 123 cm³/mol. The summed E-state index contributed by atoms with van der Waals surface area (Å²) < 4.78 is 13.0. The van der Waals surface area contributed by atoms with Crippen molar-refractivity contribution in [1.29, 1.82) is 0 Å². The van der Waals surface area contributed by atoms with Crippen molar-refractivity contribution in [2.75, 3.05) is 20.3 Å². The molecule has 1 aromatic heterocycles. The lowest BCUT2D eigenvalue weighted by atomic mass is 10.1. The van der Waals surface area contributed by atoms with E-state index >= 15 is 0 Å². The number of methoxy groups -OCH3 is 1. The molecule has 9 heteroatoms. The monoisotopic (exact) mass is 460 g/mol. The average molecular weight is 461 g/mol. The van der Waals surface area contributed by atoms with Crippen LogP contribution in [-0.2, 0) is 16.1 Å². The van der Waals surface area contributed by atoms with Gasteiger partial charge in [0.25, 0.3) is 5.91 Å². The van der Waals surface area contributed by atoms with E-state index in [2.05, 4.69) is 10.4 Å². The zero-order chi connectivity index (χ0) is 22.1. The zero-order valence-electron chi connectivity index (χ0n) is 17.8. The highest BCUT2D eigenvalue weighted by Gasteiger charge is 2.33. The Balaban J connectivity index is 1.57. The smallest absolute Gasteiger partial charge is 0.276 e. The van der Waals surface area contributed by atoms with Gasteiger partial charge in [0.1, 0.15) is 11.4 Å². The lowest BCUT2D eigenvalue weighted by Crippen LogP contribution is -2.37. The molecule has 2 aromatic rings. The fraction of sp³-hybridized carbons (Fsp3) is 0.409. The Kier molecular flexibility index (Phi) is 6.31. The van der Waals surface area contributed by atoms with Crippen molar-refractivity contribution in [3.8, 4) is 5.75 Å². The van der Waals surface area contributed by atoms with E-state index in [1.165, 1.54) is 0 Å². The Morgan fingerprint density at radius 2 is 2.23 bits per heavy atom. The van der Waals surface area contributed by atoms with E-state index in [4.69, 9.17) is 33.3 Å². The quantitative estimate of drug-likeness (QED) is 0.526. The Bertz CT molecular complexity index is 1060. The number of ether oxygens (including phenoxy) is 2. The number of hydrogen-bond donors (Lipinski definition) is 1. The van der Waals surface area contributed by atoms with E-state index in [0.717, 1.165) is 47.7 Å². The molecule has 0 radical (unpaired) electrons. The molecule has 7 nitrogen and oxygen atoms in total. The van der Waals surface area contributed by atoms with Gasteiger partial charge in [-0.1, -0.05) is 17.7 Å². The number of nitrogens with zero attached hydrogens (tertiary/aromatic N) is 3. The number of amides is 1. The summed E-state index contributed by atoms with van der Waals surface area (Å²) in [6.07, 6.45) is 3.82. The number of aromatic nitrogens is 2. The molecule has 0 spiro atoms. The summed E-state index contributed by atoms with van der Waals surface area (Å²) in [7, 11) is 1.63. The number of rotatable bonds is 6. The molecule has 164 valence electrons. The van der Waals surface area contributed by atoms with Crippen molar-refractivity contribution in [1.82, 2.24) is 20.0 Å². The van der Waals surface area contributed by atoms with Crippen molar-refractivity contribution < 1.29 is 14.3 Å². The van der Waals surface area contributed by atoms with Crippen LogP contribution in [0.25, 0.3) is 6.08 Å². The molecule has 1 unspecified atom stereocenters. The second-order valence-electron chi connectivity index (χ2n) is 7.75. The fourth-order valence-electron chi connectivity index (χ4n) is 3.90. The number of thiocarbonyl (C=S) groups is 1. The molecule has 1 N–H and O–H groups in total. The summed E-state index contributed by atoms with van der Waals surface area (Å²) in [5, 5.41) is 8.63. The van der Waals surface area contributed by atoms with Crippen LogP contribution in [-0.4, -0.2) is 52.1 Å². The first-order chi connectivity index (χ1) is 14.9.